The van der Waals surface area contributed by atoms with Gasteiger partial charge in [-0.2, -0.15) is 0 Å². The van der Waals surface area contributed by atoms with E-state index in [-0.39, 0.29) is 5.91 Å². The molecule has 1 aromatic carbocycles. The molecular formula is C11H13ClN2O2S. The highest BCUT2D eigenvalue weighted by Gasteiger charge is 2.20. The number of hydrogen-bond acceptors (Lipinski definition) is 4. The van der Waals surface area contributed by atoms with Gasteiger partial charge in [-0.25, -0.2) is 0 Å². The fraction of sp³-hybridized carbons (Fsp3) is 0.364. The van der Waals surface area contributed by atoms with Gasteiger partial charge in [-0.05, 0) is 18.2 Å². The standard InChI is InChI=1S/C11H13ClN2O2S/c12-9-2-1-7(13)3-10(9)14-11(15)6-17-8-4-16-5-8/h1-3,8H,4-6,13H2,(H,14,15). The molecule has 1 saturated heterocycles. The van der Waals surface area contributed by atoms with Crippen molar-refractivity contribution in [2.75, 3.05) is 30.0 Å². The fourth-order valence-electron chi connectivity index (χ4n) is 1.33. The number of nitrogens with two attached hydrogens (primary N) is 1. The van der Waals surface area contributed by atoms with E-state index in [1.165, 1.54) is 0 Å². The molecule has 3 N–H and O–H groups in total. The Bertz CT molecular complexity index is 424. The summed E-state index contributed by atoms with van der Waals surface area (Å²) in [5.41, 5.74) is 6.76. The number of benzene rings is 1. The van der Waals surface area contributed by atoms with E-state index in [0.29, 0.717) is 27.4 Å². The first kappa shape index (κ1) is 12.5. The maximum absolute atomic E-state index is 11.6. The van der Waals surface area contributed by atoms with Gasteiger partial charge in [0.2, 0.25) is 5.91 Å². The average molecular weight is 273 g/mol. The minimum absolute atomic E-state index is 0.0746. The van der Waals surface area contributed by atoms with Crippen LogP contribution < -0.4 is 11.1 Å². The van der Waals surface area contributed by atoms with Gasteiger partial charge < -0.3 is 15.8 Å². The number of nitrogen functional groups attached to an aromatic ring is 1. The first-order chi connectivity index (χ1) is 8.15. The van der Waals surface area contributed by atoms with Gasteiger partial charge in [-0.1, -0.05) is 11.6 Å². The number of rotatable bonds is 4. The number of amides is 1. The van der Waals surface area contributed by atoms with Crippen LogP contribution in [0.25, 0.3) is 0 Å². The third-order valence-electron chi connectivity index (χ3n) is 2.32. The molecule has 0 bridgehead atoms. The van der Waals surface area contributed by atoms with Crippen molar-refractivity contribution in [3.8, 4) is 0 Å². The quantitative estimate of drug-likeness (QED) is 0.823. The molecule has 2 rings (SSSR count). The highest BCUT2D eigenvalue weighted by atomic mass is 35.5. The summed E-state index contributed by atoms with van der Waals surface area (Å²) in [7, 11) is 0. The Hall–Kier alpha value is -0.910. The molecule has 6 heteroatoms. The molecule has 0 atom stereocenters. The van der Waals surface area contributed by atoms with Gasteiger partial charge in [0.05, 0.1) is 34.9 Å². The van der Waals surface area contributed by atoms with Gasteiger partial charge in [0.25, 0.3) is 0 Å². The predicted molar refractivity (Wildman–Crippen MR) is 71.6 cm³/mol. The van der Waals surface area contributed by atoms with Crippen molar-refractivity contribution in [1.82, 2.24) is 0 Å². The van der Waals surface area contributed by atoms with Crippen LogP contribution in [-0.4, -0.2) is 30.1 Å². The summed E-state index contributed by atoms with van der Waals surface area (Å²) < 4.78 is 5.03. The minimum Gasteiger partial charge on any atom is -0.399 e. The van der Waals surface area contributed by atoms with Gasteiger partial charge in [0, 0.05) is 5.69 Å². The summed E-state index contributed by atoms with van der Waals surface area (Å²) in [5, 5.41) is 3.67. The van der Waals surface area contributed by atoms with Crippen LogP contribution in [0, 0.1) is 0 Å². The van der Waals surface area contributed by atoms with Crippen molar-refractivity contribution in [2.24, 2.45) is 0 Å². The predicted octanol–water partition coefficient (Wildman–Crippen LogP) is 1.99. The average Bonchev–Trinajstić information content (AvgIpc) is 2.21. The van der Waals surface area contributed by atoms with Crippen molar-refractivity contribution in [2.45, 2.75) is 5.25 Å². The largest absolute Gasteiger partial charge is 0.399 e. The molecule has 0 saturated carbocycles. The lowest BCUT2D eigenvalue weighted by Crippen LogP contribution is -2.32. The van der Waals surface area contributed by atoms with Crippen LogP contribution in [0.1, 0.15) is 0 Å². The highest BCUT2D eigenvalue weighted by molar-refractivity contribution is 8.00. The molecule has 4 nitrogen and oxygen atoms in total. The van der Waals surface area contributed by atoms with Gasteiger partial charge >= 0.3 is 0 Å². The zero-order chi connectivity index (χ0) is 12.3. The van der Waals surface area contributed by atoms with Crippen LogP contribution in [0.2, 0.25) is 5.02 Å². The number of carbonyl (C=O) groups excluding carboxylic acids is 1. The van der Waals surface area contributed by atoms with Crippen molar-refractivity contribution < 1.29 is 9.53 Å². The van der Waals surface area contributed by atoms with Gasteiger partial charge in [0.15, 0.2) is 0 Å². The lowest BCUT2D eigenvalue weighted by Gasteiger charge is -2.24. The summed E-state index contributed by atoms with van der Waals surface area (Å²) >= 11 is 7.53. The van der Waals surface area contributed by atoms with E-state index < -0.39 is 0 Å². The van der Waals surface area contributed by atoms with Crippen molar-refractivity contribution >= 4 is 40.6 Å². The Balaban J connectivity index is 1.86. The number of carbonyl (C=O) groups is 1. The number of hydrogen-bond donors (Lipinski definition) is 2. The lowest BCUT2D eigenvalue weighted by molar-refractivity contribution is -0.113. The van der Waals surface area contributed by atoms with E-state index >= 15 is 0 Å². The van der Waals surface area contributed by atoms with E-state index in [1.807, 2.05) is 0 Å². The van der Waals surface area contributed by atoms with E-state index in [2.05, 4.69) is 5.32 Å². The zero-order valence-corrected chi connectivity index (χ0v) is 10.7. The molecular weight excluding hydrogens is 260 g/mol. The monoisotopic (exact) mass is 272 g/mol. The Kier molecular flexibility index (Phi) is 4.15. The summed E-state index contributed by atoms with van der Waals surface area (Å²) in [6.45, 7) is 1.47. The van der Waals surface area contributed by atoms with Crippen molar-refractivity contribution in [1.29, 1.82) is 0 Å². The molecule has 0 aliphatic carbocycles. The molecule has 0 spiro atoms. The fourth-order valence-corrected chi connectivity index (χ4v) is 2.34. The van der Waals surface area contributed by atoms with Gasteiger partial charge in [-0.15, -0.1) is 11.8 Å². The molecule has 0 unspecified atom stereocenters. The number of nitrogens with one attached hydrogen (secondary N) is 1. The van der Waals surface area contributed by atoms with Crippen LogP contribution in [0.4, 0.5) is 11.4 Å². The Morgan fingerprint density at radius 3 is 3.00 bits per heavy atom. The number of thioether (sulfide) groups is 1. The molecule has 0 radical (unpaired) electrons. The zero-order valence-electron chi connectivity index (χ0n) is 9.11. The highest BCUT2D eigenvalue weighted by Crippen LogP contribution is 2.25. The summed E-state index contributed by atoms with van der Waals surface area (Å²) in [4.78, 5) is 11.6. The van der Waals surface area contributed by atoms with Crippen LogP contribution in [0.5, 0.6) is 0 Å². The minimum atomic E-state index is -0.0746. The maximum Gasteiger partial charge on any atom is 0.234 e. The normalized spacial score (nSPS) is 15.4. The molecule has 1 fully saturated rings. The second-order valence-electron chi connectivity index (χ2n) is 3.76. The Morgan fingerprint density at radius 2 is 2.35 bits per heavy atom. The first-order valence-electron chi connectivity index (χ1n) is 5.19. The summed E-state index contributed by atoms with van der Waals surface area (Å²) in [5.74, 6) is 0.327. The SMILES string of the molecule is Nc1ccc(Cl)c(NC(=O)CSC2COC2)c1. The van der Waals surface area contributed by atoms with Gasteiger partial charge in [0.1, 0.15) is 0 Å². The van der Waals surface area contributed by atoms with Crippen LogP contribution >= 0.6 is 23.4 Å². The molecule has 1 aliphatic rings. The lowest BCUT2D eigenvalue weighted by atomic mass is 10.3. The van der Waals surface area contributed by atoms with Crippen LogP contribution in [-0.2, 0) is 9.53 Å². The van der Waals surface area contributed by atoms with Crippen molar-refractivity contribution in [3.05, 3.63) is 23.2 Å². The third-order valence-corrected chi connectivity index (χ3v) is 3.82. The van der Waals surface area contributed by atoms with Crippen LogP contribution in [0.15, 0.2) is 18.2 Å². The topological polar surface area (TPSA) is 64.3 Å². The molecule has 1 aromatic rings. The van der Waals surface area contributed by atoms with E-state index in [1.54, 1.807) is 30.0 Å². The first-order valence-corrected chi connectivity index (χ1v) is 6.62. The van der Waals surface area contributed by atoms with E-state index in [4.69, 9.17) is 22.1 Å². The van der Waals surface area contributed by atoms with E-state index in [0.717, 1.165) is 13.2 Å². The van der Waals surface area contributed by atoms with Gasteiger partial charge in [-0.3, -0.25) is 4.79 Å². The smallest absolute Gasteiger partial charge is 0.234 e. The number of anilines is 2. The maximum atomic E-state index is 11.6. The Labute approximate surface area is 109 Å². The second kappa shape index (κ2) is 5.62. The molecule has 1 aliphatic heterocycles. The number of ether oxygens (including phenoxy) is 1. The second-order valence-corrected chi connectivity index (χ2v) is 5.45. The van der Waals surface area contributed by atoms with Crippen LogP contribution in [0.3, 0.4) is 0 Å². The summed E-state index contributed by atoms with van der Waals surface area (Å²) in [6, 6.07) is 5.01. The van der Waals surface area contributed by atoms with Crippen molar-refractivity contribution in [3.63, 3.8) is 0 Å². The Morgan fingerprint density at radius 1 is 1.59 bits per heavy atom. The molecule has 0 aromatic heterocycles. The molecule has 92 valence electrons. The number of halogens is 1. The molecule has 1 amide bonds. The van der Waals surface area contributed by atoms with E-state index in [9.17, 15) is 4.79 Å². The third kappa shape index (κ3) is 3.52. The molecule has 17 heavy (non-hydrogen) atoms. The summed E-state index contributed by atoms with van der Waals surface area (Å²) in [6.07, 6.45) is 0. The molecule has 1 heterocycles.